The number of esters is 2. The second kappa shape index (κ2) is 16.5. The van der Waals surface area contributed by atoms with E-state index in [1.165, 1.54) is 24.3 Å². The maximum absolute atomic E-state index is 13.9. The summed E-state index contributed by atoms with van der Waals surface area (Å²) in [5.74, 6) is -2.04. The number of primary sulfonamides is 1. The van der Waals surface area contributed by atoms with E-state index in [1.54, 1.807) is 58.4 Å². The van der Waals surface area contributed by atoms with Gasteiger partial charge in [-0.05, 0) is 103 Å². The van der Waals surface area contributed by atoms with Gasteiger partial charge < -0.3 is 19.4 Å². The Kier molecular flexibility index (Phi) is 12.2. The molecule has 5 aromatic rings. The molecule has 1 aliphatic rings. The van der Waals surface area contributed by atoms with Crippen LogP contribution in [-0.2, 0) is 37.6 Å². The third-order valence-electron chi connectivity index (χ3n) is 7.64. The van der Waals surface area contributed by atoms with Crippen molar-refractivity contribution in [2.75, 3.05) is 6.61 Å². The maximum Gasteiger partial charge on any atom is 0.435 e. The molecule has 0 saturated carbocycles. The second-order valence-electron chi connectivity index (χ2n) is 11.5. The summed E-state index contributed by atoms with van der Waals surface area (Å²) in [7, 11) is -4.12. The summed E-state index contributed by atoms with van der Waals surface area (Å²) >= 11 is 9.30. The van der Waals surface area contributed by atoms with Crippen molar-refractivity contribution in [1.82, 2.24) is 9.78 Å². The summed E-state index contributed by atoms with van der Waals surface area (Å²) in [4.78, 5) is 40.7. The lowest BCUT2D eigenvalue weighted by Crippen LogP contribution is -2.15. The van der Waals surface area contributed by atoms with Crippen molar-refractivity contribution in [2.24, 2.45) is 5.14 Å². The minimum Gasteiger partial charge on any atom is -0.508 e. The van der Waals surface area contributed by atoms with Crippen LogP contribution in [-0.4, -0.2) is 46.9 Å². The fourth-order valence-electron chi connectivity index (χ4n) is 4.99. The van der Waals surface area contributed by atoms with Crippen LogP contribution >= 0.6 is 32.8 Å². The predicted octanol–water partition coefficient (Wildman–Crippen LogP) is 7.08. The zero-order valence-corrected chi connectivity index (χ0v) is 33.1. The van der Waals surface area contributed by atoms with Crippen LogP contribution in [0.3, 0.4) is 0 Å². The molecule has 3 N–H and O–H groups in total. The fraction of sp³-hybridized carbons (Fsp3) is 0.121. The Hall–Kier alpha value is -4.49. The molecule has 56 heavy (non-hydrogen) atoms. The zero-order chi connectivity index (χ0) is 40.4. The van der Waals surface area contributed by atoms with Crippen molar-refractivity contribution in [1.29, 1.82) is 0 Å². The number of ether oxygens (including phenoxy) is 2. The number of halogens is 3. The van der Waals surface area contributed by atoms with E-state index in [4.69, 9.17) is 26.4 Å². The molecule has 1 saturated heterocycles. The molecule has 0 amide bonds. The SMILES string of the molecule is NS(=O)(=O)c1ccc(-n2nc(C(F)(F)F)cc2-c2ccc(C(=O)Oc3ccc(P4SP(=S)(c5ccc(O)cc5)S4)cc3)c(OC(=O)CCCO[N+](=O)[O-])c2)cc1. The van der Waals surface area contributed by atoms with E-state index in [0.717, 1.165) is 33.5 Å². The van der Waals surface area contributed by atoms with Gasteiger partial charge in [0.1, 0.15) is 22.8 Å². The van der Waals surface area contributed by atoms with Crippen molar-refractivity contribution < 1.29 is 55.7 Å². The number of nitrogens with two attached hydrogens (primary N) is 1. The molecule has 1 fully saturated rings. The van der Waals surface area contributed by atoms with Crippen molar-refractivity contribution in [2.45, 2.75) is 23.9 Å². The standard InChI is InChI=1S/C33H25F3N4O10P2S4/c34-33(35,36)30-19-28(39(38-30)21-4-14-26(15-5-21)56(37,46)47)20-3-16-27(29(18-20)50-31(42)2-1-17-48-40(44)45)32(43)49-23-8-10-24(11-9-23)51-54-52(53,55-51)25-12-6-22(41)7-13-25/h3-16,18-19,41H,1-2,17H2,(H2,37,46,47). The Bertz CT molecular complexity index is 2460. The van der Waals surface area contributed by atoms with E-state index >= 15 is 0 Å². The lowest BCUT2D eigenvalue weighted by Gasteiger charge is -2.37. The van der Waals surface area contributed by atoms with Crippen LogP contribution < -0.4 is 25.2 Å². The molecule has 0 unspecified atom stereocenters. The highest BCUT2D eigenvalue weighted by atomic mass is 33.7. The van der Waals surface area contributed by atoms with Gasteiger partial charge in [-0.15, -0.1) is 10.1 Å². The maximum atomic E-state index is 13.9. The molecule has 14 nitrogen and oxygen atoms in total. The number of phenols is 1. The first kappa shape index (κ1) is 41.2. The average molecular weight is 885 g/mol. The molecule has 4 aromatic carbocycles. The number of alkyl halides is 3. The van der Waals surface area contributed by atoms with Crippen molar-refractivity contribution in [3.63, 3.8) is 0 Å². The van der Waals surface area contributed by atoms with E-state index in [-0.39, 0.29) is 51.7 Å². The first-order valence-electron chi connectivity index (χ1n) is 15.7. The smallest absolute Gasteiger partial charge is 0.435 e. The highest BCUT2D eigenvalue weighted by molar-refractivity contribution is 9.43. The van der Waals surface area contributed by atoms with Crippen molar-refractivity contribution in [3.8, 4) is 34.2 Å². The molecule has 0 spiro atoms. The number of aromatic nitrogens is 2. The molecule has 0 atom stereocenters. The Morgan fingerprint density at radius 1 is 0.982 bits per heavy atom. The van der Waals surface area contributed by atoms with E-state index < -0.39 is 62.0 Å². The minimum absolute atomic E-state index is 0.00492. The predicted molar refractivity (Wildman–Crippen MR) is 208 cm³/mol. The summed E-state index contributed by atoms with van der Waals surface area (Å²) in [6, 6.07) is 22.4. The summed E-state index contributed by atoms with van der Waals surface area (Å²) in [5, 5.41) is 29.8. The number of benzene rings is 4. The van der Waals surface area contributed by atoms with Gasteiger partial charge in [-0.1, -0.05) is 39.9 Å². The topological polar surface area (TPSA) is 203 Å². The molecule has 23 heteroatoms. The first-order chi connectivity index (χ1) is 26.4. The number of phenolic OH excluding ortho intramolecular Hbond substituents is 1. The van der Waals surface area contributed by atoms with Gasteiger partial charge in [0.05, 0.1) is 33.7 Å². The van der Waals surface area contributed by atoms with Gasteiger partial charge in [-0.25, -0.2) is 23.0 Å². The molecule has 2 heterocycles. The van der Waals surface area contributed by atoms with Crippen LogP contribution in [0, 0.1) is 10.1 Å². The van der Waals surface area contributed by atoms with Gasteiger partial charge in [-0.3, -0.25) is 4.79 Å². The van der Waals surface area contributed by atoms with Gasteiger partial charge >= 0.3 is 18.1 Å². The molecule has 292 valence electrons. The van der Waals surface area contributed by atoms with Crippen LogP contribution in [0.5, 0.6) is 17.2 Å². The molecule has 0 bridgehead atoms. The van der Waals surface area contributed by atoms with Gasteiger partial charge in [0.2, 0.25) is 10.0 Å². The summed E-state index contributed by atoms with van der Waals surface area (Å²) in [5.41, 5.74) is -1.76. The Balaban J connectivity index is 1.27. The molecular weight excluding hydrogens is 860 g/mol. The molecule has 1 aromatic heterocycles. The number of carbonyl (C=O) groups is 2. The molecular formula is C33H25F3N4O10P2S4. The van der Waals surface area contributed by atoms with Gasteiger partial charge in [0, 0.05) is 17.3 Å². The van der Waals surface area contributed by atoms with E-state index in [0.29, 0.717) is 6.07 Å². The number of aromatic hydroxyl groups is 1. The molecule has 6 rings (SSSR count). The number of hydrogen-bond acceptors (Lipinski definition) is 14. The highest BCUT2D eigenvalue weighted by Gasteiger charge is 2.40. The number of rotatable bonds is 13. The lowest BCUT2D eigenvalue weighted by molar-refractivity contribution is -0.757. The number of carbonyl (C=O) groups excluding carboxylic acids is 2. The highest BCUT2D eigenvalue weighted by Crippen LogP contribution is 2.99. The third kappa shape index (κ3) is 9.72. The van der Waals surface area contributed by atoms with Gasteiger partial charge in [0.15, 0.2) is 5.69 Å². The van der Waals surface area contributed by atoms with Crippen LogP contribution in [0.4, 0.5) is 13.2 Å². The van der Waals surface area contributed by atoms with Crippen LogP contribution in [0.1, 0.15) is 28.9 Å². The van der Waals surface area contributed by atoms with E-state index in [1.807, 2.05) is 12.1 Å². The lowest BCUT2D eigenvalue weighted by atomic mass is 10.1. The summed E-state index contributed by atoms with van der Waals surface area (Å²) < 4.78 is 75.2. The second-order valence-corrected chi connectivity index (χ2v) is 29.8. The Morgan fingerprint density at radius 3 is 2.25 bits per heavy atom. The quantitative estimate of drug-likeness (QED) is 0.0303. The van der Waals surface area contributed by atoms with Gasteiger partial charge in [-0.2, -0.15) is 18.3 Å². The fourth-order valence-corrected chi connectivity index (χ4v) is 31.5. The Labute approximate surface area is 329 Å². The summed E-state index contributed by atoms with van der Waals surface area (Å²) in [6.07, 6.45) is -6.14. The number of sulfonamides is 1. The normalized spacial score (nSPS) is 16.8. The third-order valence-corrected chi connectivity index (χ3v) is 33.6. The molecule has 0 aliphatic carbocycles. The van der Waals surface area contributed by atoms with Gasteiger partial charge in [0.25, 0.3) is 5.09 Å². The van der Waals surface area contributed by atoms with Crippen molar-refractivity contribution in [3.05, 3.63) is 118 Å². The number of nitrogens with zero attached hydrogens (tertiary/aromatic N) is 3. The average Bonchev–Trinajstić information content (AvgIpc) is 3.59. The summed E-state index contributed by atoms with van der Waals surface area (Å²) in [6.45, 7) is -0.429. The van der Waals surface area contributed by atoms with Crippen LogP contribution in [0.25, 0.3) is 16.9 Å². The first-order valence-corrected chi connectivity index (χ1v) is 25.5. The minimum atomic E-state index is -4.90. The zero-order valence-electron chi connectivity index (χ0n) is 28.1. The van der Waals surface area contributed by atoms with Crippen LogP contribution in [0.2, 0.25) is 0 Å². The molecule has 1 aliphatic heterocycles. The monoisotopic (exact) mass is 884 g/mol. The van der Waals surface area contributed by atoms with E-state index in [9.17, 15) is 46.4 Å². The molecule has 0 radical (unpaired) electrons. The number of hydrogen-bond donors (Lipinski definition) is 2. The Morgan fingerprint density at radius 2 is 1.64 bits per heavy atom. The largest absolute Gasteiger partial charge is 0.508 e. The van der Waals surface area contributed by atoms with Crippen molar-refractivity contribution >= 4 is 77.1 Å². The van der Waals surface area contributed by atoms with Crippen LogP contribution in [0.15, 0.2) is 102 Å². The van der Waals surface area contributed by atoms with E-state index in [2.05, 4.69) is 9.94 Å².